The number of carbonyl (C=O) groups excluding carboxylic acids is 1. The van der Waals surface area contributed by atoms with Gasteiger partial charge in [-0.3, -0.25) is 0 Å². The van der Waals surface area contributed by atoms with Gasteiger partial charge in [0.15, 0.2) is 5.82 Å². The van der Waals surface area contributed by atoms with Crippen molar-refractivity contribution in [3.05, 3.63) is 52.4 Å². The number of hydrogen-bond acceptors (Lipinski definition) is 4. The first kappa shape index (κ1) is 19.9. The van der Waals surface area contributed by atoms with Gasteiger partial charge in [0, 0.05) is 30.4 Å². The third-order valence-corrected chi connectivity index (χ3v) is 6.39. The molecule has 2 N–H and O–H groups in total. The molecular weight excluding hydrogens is 393 g/mol. The summed E-state index contributed by atoms with van der Waals surface area (Å²) in [6.07, 6.45) is 4.92. The van der Waals surface area contributed by atoms with Crippen LogP contribution in [0, 0.1) is 18.7 Å². The predicted molar refractivity (Wildman–Crippen MR) is 110 cm³/mol. The summed E-state index contributed by atoms with van der Waals surface area (Å²) in [6.45, 7) is 3.43. The molecule has 1 saturated carbocycles. The van der Waals surface area contributed by atoms with Gasteiger partial charge in [0.2, 0.25) is 0 Å². The van der Waals surface area contributed by atoms with Crippen molar-refractivity contribution < 1.29 is 9.18 Å². The summed E-state index contributed by atoms with van der Waals surface area (Å²) in [7, 11) is 0. The SMILES string of the molecule is Cc1cc(C[C@H]2CC2N(C(N)=O)C2CCCN(c3cccnn3)C2)c(F)cc1Cl. The summed E-state index contributed by atoms with van der Waals surface area (Å²) in [6, 6.07) is 6.63. The lowest BCUT2D eigenvalue weighted by molar-refractivity contribution is 0.165. The molecule has 6 nitrogen and oxygen atoms in total. The van der Waals surface area contributed by atoms with E-state index in [2.05, 4.69) is 15.1 Å². The Morgan fingerprint density at radius 3 is 3.00 bits per heavy atom. The van der Waals surface area contributed by atoms with E-state index in [-0.39, 0.29) is 23.8 Å². The highest BCUT2D eigenvalue weighted by Gasteiger charge is 2.46. The van der Waals surface area contributed by atoms with E-state index in [4.69, 9.17) is 17.3 Å². The van der Waals surface area contributed by atoms with E-state index in [0.717, 1.165) is 37.2 Å². The molecule has 3 atom stereocenters. The van der Waals surface area contributed by atoms with Gasteiger partial charge in [-0.1, -0.05) is 17.7 Å². The van der Waals surface area contributed by atoms with Crippen molar-refractivity contribution in [1.29, 1.82) is 0 Å². The molecule has 2 unspecified atom stereocenters. The minimum absolute atomic E-state index is 0.0232. The van der Waals surface area contributed by atoms with Crippen LogP contribution in [0.4, 0.5) is 15.0 Å². The number of benzene rings is 1. The molecule has 2 aromatic rings. The summed E-state index contributed by atoms with van der Waals surface area (Å²) in [5.41, 5.74) is 7.28. The predicted octanol–water partition coefficient (Wildman–Crippen LogP) is 3.56. The Labute approximate surface area is 174 Å². The van der Waals surface area contributed by atoms with Crippen LogP contribution in [0.1, 0.15) is 30.4 Å². The maximum atomic E-state index is 14.3. The van der Waals surface area contributed by atoms with Crippen molar-refractivity contribution in [3.63, 3.8) is 0 Å². The molecule has 2 aliphatic rings. The number of nitrogens with zero attached hydrogens (tertiary/aromatic N) is 4. The summed E-state index contributed by atoms with van der Waals surface area (Å²) in [5.74, 6) is 0.737. The second-order valence-electron chi connectivity index (χ2n) is 8.03. The molecule has 154 valence electrons. The second kappa shape index (κ2) is 8.14. The molecule has 0 bridgehead atoms. The molecular formula is C21H25ClFN5O. The number of amides is 2. The summed E-state index contributed by atoms with van der Waals surface area (Å²) in [5, 5.41) is 8.57. The van der Waals surface area contributed by atoms with Crippen molar-refractivity contribution in [1.82, 2.24) is 15.1 Å². The van der Waals surface area contributed by atoms with Gasteiger partial charge in [0.1, 0.15) is 5.82 Å². The van der Waals surface area contributed by atoms with Crippen molar-refractivity contribution in [3.8, 4) is 0 Å². The molecule has 1 aliphatic heterocycles. The number of rotatable bonds is 5. The van der Waals surface area contributed by atoms with E-state index in [9.17, 15) is 9.18 Å². The number of urea groups is 1. The zero-order valence-electron chi connectivity index (χ0n) is 16.4. The topological polar surface area (TPSA) is 75.3 Å². The highest BCUT2D eigenvalue weighted by atomic mass is 35.5. The number of nitrogens with two attached hydrogens (primary N) is 1. The molecule has 2 heterocycles. The molecule has 1 aliphatic carbocycles. The maximum absolute atomic E-state index is 14.3. The zero-order valence-corrected chi connectivity index (χ0v) is 17.1. The molecule has 29 heavy (non-hydrogen) atoms. The lowest BCUT2D eigenvalue weighted by Crippen LogP contribution is -2.53. The Morgan fingerprint density at radius 1 is 1.45 bits per heavy atom. The number of anilines is 1. The van der Waals surface area contributed by atoms with Crippen molar-refractivity contribution in [2.45, 2.75) is 44.7 Å². The van der Waals surface area contributed by atoms with Crippen LogP contribution in [-0.2, 0) is 6.42 Å². The van der Waals surface area contributed by atoms with Gasteiger partial charge in [-0.15, -0.1) is 5.10 Å². The van der Waals surface area contributed by atoms with E-state index >= 15 is 0 Å². The van der Waals surface area contributed by atoms with Crippen molar-refractivity contribution in [2.75, 3.05) is 18.0 Å². The van der Waals surface area contributed by atoms with Crippen LogP contribution in [0.2, 0.25) is 5.02 Å². The molecule has 0 radical (unpaired) electrons. The average Bonchev–Trinajstić information content (AvgIpc) is 3.45. The average molecular weight is 418 g/mol. The minimum Gasteiger partial charge on any atom is -0.353 e. The molecule has 1 aromatic carbocycles. The van der Waals surface area contributed by atoms with Crippen LogP contribution in [-0.4, -0.2) is 46.3 Å². The summed E-state index contributed by atoms with van der Waals surface area (Å²) in [4.78, 5) is 16.3. The third kappa shape index (κ3) is 4.29. The molecule has 8 heteroatoms. The Hall–Kier alpha value is -2.41. The van der Waals surface area contributed by atoms with Crippen LogP contribution in [0.15, 0.2) is 30.5 Å². The van der Waals surface area contributed by atoms with E-state index in [1.165, 1.54) is 6.07 Å². The van der Waals surface area contributed by atoms with E-state index in [0.29, 0.717) is 23.6 Å². The number of halogens is 2. The van der Waals surface area contributed by atoms with E-state index in [1.54, 1.807) is 12.3 Å². The van der Waals surface area contributed by atoms with Gasteiger partial charge >= 0.3 is 6.03 Å². The fraction of sp³-hybridized carbons (Fsp3) is 0.476. The first-order chi connectivity index (χ1) is 13.9. The number of primary amides is 1. The first-order valence-electron chi connectivity index (χ1n) is 9.99. The fourth-order valence-electron chi connectivity index (χ4n) is 4.41. The fourth-order valence-corrected chi connectivity index (χ4v) is 4.56. The van der Waals surface area contributed by atoms with Gasteiger partial charge in [0.25, 0.3) is 0 Å². The largest absolute Gasteiger partial charge is 0.353 e. The normalized spacial score (nSPS) is 23.7. The summed E-state index contributed by atoms with van der Waals surface area (Å²) >= 11 is 6.00. The number of piperidine rings is 1. The van der Waals surface area contributed by atoms with Gasteiger partial charge in [0.05, 0.1) is 6.04 Å². The van der Waals surface area contributed by atoms with Gasteiger partial charge in [-0.2, -0.15) is 5.10 Å². The number of hydrogen-bond donors (Lipinski definition) is 1. The highest BCUT2D eigenvalue weighted by molar-refractivity contribution is 6.31. The molecule has 0 spiro atoms. The first-order valence-corrected chi connectivity index (χ1v) is 10.4. The molecule has 4 rings (SSSR count). The minimum atomic E-state index is -0.406. The second-order valence-corrected chi connectivity index (χ2v) is 8.44. The molecule has 2 amide bonds. The standard InChI is InChI=1S/C21H25ClFN5O/c1-13-8-14(18(23)11-17(13)22)9-15-10-19(15)28(21(24)29)16-4-3-7-27(12-16)20-5-2-6-25-26-20/h2,5-6,8,11,15-16,19H,3-4,7,9-10,12H2,1H3,(H2,24,29)/t15-,16?,19?/m0/s1. The van der Waals surface area contributed by atoms with Gasteiger partial charge in [-0.25, -0.2) is 9.18 Å². The Balaban J connectivity index is 1.45. The number of aryl methyl sites for hydroxylation is 1. The molecule has 2 fully saturated rings. The molecule has 1 saturated heterocycles. The Bertz CT molecular complexity index is 896. The quantitative estimate of drug-likeness (QED) is 0.807. The number of aromatic nitrogens is 2. The van der Waals surface area contributed by atoms with Crippen molar-refractivity contribution in [2.24, 2.45) is 11.7 Å². The van der Waals surface area contributed by atoms with Crippen LogP contribution in [0.5, 0.6) is 0 Å². The van der Waals surface area contributed by atoms with Crippen LogP contribution in [0.25, 0.3) is 0 Å². The van der Waals surface area contributed by atoms with Gasteiger partial charge in [-0.05, 0) is 67.9 Å². The maximum Gasteiger partial charge on any atom is 0.315 e. The third-order valence-electron chi connectivity index (χ3n) is 5.98. The van der Waals surface area contributed by atoms with Crippen LogP contribution >= 0.6 is 11.6 Å². The number of carbonyl (C=O) groups is 1. The highest BCUT2D eigenvalue weighted by Crippen LogP contribution is 2.41. The smallest absolute Gasteiger partial charge is 0.315 e. The monoisotopic (exact) mass is 417 g/mol. The van der Waals surface area contributed by atoms with Crippen molar-refractivity contribution >= 4 is 23.4 Å². The van der Waals surface area contributed by atoms with Crippen LogP contribution < -0.4 is 10.6 Å². The Morgan fingerprint density at radius 2 is 2.28 bits per heavy atom. The lowest BCUT2D eigenvalue weighted by atomic mass is 10.0. The summed E-state index contributed by atoms with van der Waals surface area (Å²) < 4.78 is 14.3. The van der Waals surface area contributed by atoms with E-state index in [1.807, 2.05) is 24.0 Å². The zero-order chi connectivity index (χ0) is 20.5. The van der Waals surface area contributed by atoms with Gasteiger partial charge < -0.3 is 15.5 Å². The van der Waals surface area contributed by atoms with Crippen LogP contribution in [0.3, 0.4) is 0 Å². The Kier molecular flexibility index (Phi) is 5.58. The van der Waals surface area contributed by atoms with E-state index < -0.39 is 6.03 Å². The lowest BCUT2D eigenvalue weighted by Gasteiger charge is -2.39. The molecule has 1 aromatic heterocycles.